The molecule has 1 atom stereocenters. The maximum absolute atomic E-state index is 2.24. The molecule has 2 heteroatoms. The van der Waals surface area contributed by atoms with E-state index in [1.54, 1.807) is 0 Å². The smallest absolute Gasteiger partial charge is 0.0567 e. The van der Waals surface area contributed by atoms with Crippen molar-refractivity contribution in [2.24, 2.45) is 0 Å². The second-order valence-corrected chi connectivity index (χ2v) is 3.33. The van der Waals surface area contributed by atoms with Crippen molar-refractivity contribution >= 4 is 5.69 Å². The summed E-state index contributed by atoms with van der Waals surface area (Å²) < 4.78 is 0. The molecule has 0 amide bonds. The van der Waals surface area contributed by atoms with Crippen LogP contribution in [0.2, 0.25) is 0 Å². The number of hydrogen-bond acceptors (Lipinski definition) is 2. The molecule has 1 aromatic rings. The van der Waals surface area contributed by atoms with Crippen molar-refractivity contribution in [3.05, 3.63) is 29.8 Å². The number of fused-ring (bicyclic) bond motifs is 1. The fourth-order valence-electron chi connectivity index (χ4n) is 1.77. The maximum Gasteiger partial charge on any atom is 0.0567 e. The van der Waals surface area contributed by atoms with Crippen molar-refractivity contribution in [2.45, 2.75) is 13.0 Å². The first-order valence-corrected chi connectivity index (χ1v) is 4.27. The summed E-state index contributed by atoms with van der Waals surface area (Å²) in [5, 5.41) is 4.44. The van der Waals surface area contributed by atoms with Crippen LogP contribution in [-0.4, -0.2) is 19.1 Å². The normalized spacial score (nSPS) is 22.9. The Bertz CT molecular complexity index is 267. The molecule has 0 saturated heterocycles. The predicted octanol–water partition coefficient (Wildman–Crippen LogP) is 2.04. The van der Waals surface area contributed by atoms with E-state index in [1.165, 1.54) is 11.3 Å². The third-order valence-corrected chi connectivity index (χ3v) is 2.77. The third kappa shape index (κ3) is 0.847. The van der Waals surface area contributed by atoms with E-state index in [2.05, 4.69) is 55.3 Å². The van der Waals surface area contributed by atoms with Crippen molar-refractivity contribution in [1.82, 2.24) is 5.01 Å². The van der Waals surface area contributed by atoms with Gasteiger partial charge in [0, 0.05) is 14.1 Å². The van der Waals surface area contributed by atoms with E-state index in [1.807, 2.05) is 0 Å². The Balaban J connectivity index is 2.52. The average Bonchev–Trinajstić information content (AvgIpc) is 2.33. The Hall–Kier alpha value is -1.02. The number of anilines is 1. The topological polar surface area (TPSA) is 6.48 Å². The third-order valence-electron chi connectivity index (χ3n) is 2.77. The summed E-state index contributed by atoms with van der Waals surface area (Å²) in [7, 11) is 4.22. The van der Waals surface area contributed by atoms with Gasteiger partial charge >= 0.3 is 0 Å². The largest absolute Gasteiger partial charge is 0.308 e. The van der Waals surface area contributed by atoms with E-state index in [0.717, 1.165) is 0 Å². The van der Waals surface area contributed by atoms with Crippen LogP contribution in [-0.2, 0) is 0 Å². The molecule has 0 radical (unpaired) electrons. The molecular formula is C10H14N2. The summed E-state index contributed by atoms with van der Waals surface area (Å²) >= 11 is 0. The first kappa shape index (κ1) is 7.62. The lowest BCUT2D eigenvalue weighted by Crippen LogP contribution is -2.31. The number of hydrogen-bond donors (Lipinski definition) is 0. The van der Waals surface area contributed by atoms with Crippen LogP contribution in [0.4, 0.5) is 5.69 Å². The van der Waals surface area contributed by atoms with Crippen LogP contribution in [0.3, 0.4) is 0 Å². The van der Waals surface area contributed by atoms with E-state index in [9.17, 15) is 0 Å². The highest BCUT2D eigenvalue weighted by Gasteiger charge is 2.27. The lowest BCUT2D eigenvalue weighted by atomic mass is 10.1. The van der Waals surface area contributed by atoms with Crippen LogP contribution < -0.4 is 5.01 Å². The summed E-state index contributed by atoms with van der Waals surface area (Å²) in [4.78, 5) is 0. The van der Waals surface area contributed by atoms with Crippen LogP contribution in [0.5, 0.6) is 0 Å². The SMILES string of the molecule is CC1c2ccccc2N(C)N1C. The summed E-state index contributed by atoms with van der Waals surface area (Å²) in [6.45, 7) is 2.22. The van der Waals surface area contributed by atoms with Gasteiger partial charge in [-0.2, -0.15) is 0 Å². The van der Waals surface area contributed by atoms with Crippen LogP contribution in [0.25, 0.3) is 0 Å². The quantitative estimate of drug-likeness (QED) is 0.576. The average molecular weight is 162 g/mol. The summed E-state index contributed by atoms with van der Waals surface area (Å²) in [5.41, 5.74) is 2.75. The highest BCUT2D eigenvalue weighted by atomic mass is 15.6. The molecule has 0 bridgehead atoms. The molecule has 1 aromatic carbocycles. The Morgan fingerprint density at radius 1 is 1.17 bits per heavy atom. The molecule has 1 unspecified atom stereocenters. The standard InChI is InChI=1S/C10H14N2/c1-8-9-6-4-5-7-10(9)12(3)11(8)2/h4-8H,1-3H3. The summed E-state index contributed by atoms with van der Waals surface area (Å²) in [6.07, 6.45) is 0. The fourth-order valence-corrected chi connectivity index (χ4v) is 1.77. The molecule has 2 nitrogen and oxygen atoms in total. The summed E-state index contributed by atoms with van der Waals surface area (Å²) in [5.74, 6) is 0. The number of rotatable bonds is 0. The van der Waals surface area contributed by atoms with Gasteiger partial charge in [0.2, 0.25) is 0 Å². The van der Waals surface area contributed by atoms with E-state index >= 15 is 0 Å². The van der Waals surface area contributed by atoms with Gasteiger partial charge in [-0.3, -0.25) is 0 Å². The van der Waals surface area contributed by atoms with E-state index in [-0.39, 0.29) is 0 Å². The van der Waals surface area contributed by atoms with Crippen molar-refractivity contribution in [2.75, 3.05) is 19.1 Å². The Labute approximate surface area is 73.4 Å². The highest BCUT2D eigenvalue weighted by Crippen LogP contribution is 2.36. The van der Waals surface area contributed by atoms with Gasteiger partial charge in [-0.1, -0.05) is 18.2 Å². The molecule has 0 fully saturated rings. The lowest BCUT2D eigenvalue weighted by Gasteiger charge is -2.24. The van der Waals surface area contributed by atoms with Crippen LogP contribution in [0.15, 0.2) is 24.3 Å². The number of nitrogens with zero attached hydrogens (tertiary/aromatic N) is 2. The fraction of sp³-hybridized carbons (Fsp3) is 0.400. The molecule has 0 aromatic heterocycles. The Morgan fingerprint density at radius 3 is 2.50 bits per heavy atom. The molecule has 0 saturated carbocycles. The number of benzene rings is 1. The van der Waals surface area contributed by atoms with Gasteiger partial charge < -0.3 is 5.01 Å². The minimum absolute atomic E-state index is 0.506. The molecular weight excluding hydrogens is 148 g/mol. The second-order valence-electron chi connectivity index (χ2n) is 3.33. The van der Waals surface area contributed by atoms with E-state index in [4.69, 9.17) is 0 Å². The zero-order valence-electron chi connectivity index (χ0n) is 7.78. The lowest BCUT2D eigenvalue weighted by molar-refractivity contribution is 0.280. The van der Waals surface area contributed by atoms with Gasteiger partial charge in [0.05, 0.1) is 11.7 Å². The van der Waals surface area contributed by atoms with Gasteiger partial charge in [0.15, 0.2) is 0 Å². The molecule has 64 valence electrons. The molecule has 0 N–H and O–H groups in total. The van der Waals surface area contributed by atoms with Crippen LogP contribution >= 0.6 is 0 Å². The first-order chi connectivity index (χ1) is 5.72. The van der Waals surface area contributed by atoms with Gasteiger partial charge in [-0.15, -0.1) is 0 Å². The van der Waals surface area contributed by atoms with Crippen molar-refractivity contribution < 1.29 is 0 Å². The van der Waals surface area contributed by atoms with Gasteiger partial charge in [-0.25, -0.2) is 5.01 Å². The minimum atomic E-state index is 0.506. The first-order valence-electron chi connectivity index (χ1n) is 4.27. The van der Waals surface area contributed by atoms with Crippen LogP contribution in [0, 0.1) is 0 Å². The van der Waals surface area contributed by atoms with Crippen molar-refractivity contribution in [3.63, 3.8) is 0 Å². The molecule has 1 aliphatic rings. The predicted molar refractivity (Wildman–Crippen MR) is 51.0 cm³/mol. The Morgan fingerprint density at radius 2 is 1.83 bits per heavy atom. The Kier molecular flexibility index (Phi) is 1.58. The maximum atomic E-state index is 2.24. The molecule has 0 aliphatic carbocycles. The van der Waals surface area contributed by atoms with Gasteiger partial charge in [-0.05, 0) is 18.6 Å². The summed E-state index contributed by atoms with van der Waals surface area (Å²) in [6, 6.07) is 9.05. The van der Waals surface area contributed by atoms with E-state index < -0.39 is 0 Å². The number of para-hydroxylation sites is 1. The monoisotopic (exact) mass is 162 g/mol. The van der Waals surface area contributed by atoms with Crippen molar-refractivity contribution in [3.8, 4) is 0 Å². The zero-order chi connectivity index (χ0) is 8.72. The molecule has 0 spiro atoms. The minimum Gasteiger partial charge on any atom is -0.308 e. The second kappa shape index (κ2) is 2.49. The van der Waals surface area contributed by atoms with E-state index in [0.29, 0.717) is 6.04 Å². The molecule has 12 heavy (non-hydrogen) atoms. The molecule has 1 aliphatic heterocycles. The number of hydrazine groups is 1. The van der Waals surface area contributed by atoms with Crippen molar-refractivity contribution in [1.29, 1.82) is 0 Å². The van der Waals surface area contributed by atoms with Gasteiger partial charge in [0.25, 0.3) is 0 Å². The molecule has 1 heterocycles. The highest BCUT2D eigenvalue weighted by molar-refractivity contribution is 5.57. The molecule has 2 rings (SSSR count). The van der Waals surface area contributed by atoms with Crippen LogP contribution in [0.1, 0.15) is 18.5 Å². The zero-order valence-corrected chi connectivity index (χ0v) is 7.78. The van der Waals surface area contributed by atoms with Gasteiger partial charge in [0.1, 0.15) is 0 Å².